The molecule has 1 aromatic heterocycles. The topological polar surface area (TPSA) is 123 Å². The number of nitrogens with one attached hydrogen (secondary N) is 2. The summed E-state index contributed by atoms with van der Waals surface area (Å²) >= 11 is 1.03. The van der Waals surface area contributed by atoms with Gasteiger partial charge in [0.1, 0.15) is 0 Å². The SMILES string of the molecule is CCOc1ccc(-c2cc(C=C3SC(=N)NC3=O)n(-c3ccccc3)n2)cc1[N+](=O)[O-]. The molecule has 0 bridgehead atoms. The molecule has 9 nitrogen and oxygen atoms in total. The Kier molecular flexibility index (Phi) is 5.54. The fraction of sp³-hybridized carbons (Fsp3) is 0.0952. The summed E-state index contributed by atoms with van der Waals surface area (Å²) in [5, 5.41) is 26.3. The molecule has 0 radical (unpaired) electrons. The van der Waals surface area contributed by atoms with Crippen molar-refractivity contribution in [2.75, 3.05) is 6.61 Å². The van der Waals surface area contributed by atoms with Gasteiger partial charge in [-0.15, -0.1) is 0 Å². The van der Waals surface area contributed by atoms with Crippen molar-refractivity contribution >= 4 is 34.6 Å². The van der Waals surface area contributed by atoms with E-state index >= 15 is 0 Å². The number of nitro groups is 1. The Bertz CT molecular complexity index is 1220. The normalized spacial score (nSPS) is 14.7. The van der Waals surface area contributed by atoms with E-state index in [0.29, 0.717) is 28.5 Å². The van der Waals surface area contributed by atoms with Crippen molar-refractivity contribution in [3.05, 3.63) is 75.3 Å². The lowest BCUT2D eigenvalue weighted by atomic mass is 10.1. The average Bonchev–Trinajstić information content (AvgIpc) is 3.32. The molecule has 1 aliphatic rings. The van der Waals surface area contributed by atoms with Crippen molar-refractivity contribution in [3.63, 3.8) is 0 Å². The van der Waals surface area contributed by atoms with Gasteiger partial charge in [-0.25, -0.2) is 4.68 Å². The zero-order chi connectivity index (χ0) is 22.0. The molecule has 2 N–H and O–H groups in total. The third-order valence-electron chi connectivity index (χ3n) is 4.43. The van der Waals surface area contributed by atoms with E-state index in [1.807, 2.05) is 30.3 Å². The third kappa shape index (κ3) is 4.19. The molecule has 0 saturated carbocycles. The van der Waals surface area contributed by atoms with E-state index in [-0.39, 0.29) is 22.5 Å². The Labute approximate surface area is 181 Å². The van der Waals surface area contributed by atoms with Crippen LogP contribution in [0.4, 0.5) is 5.69 Å². The van der Waals surface area contributed by atoms with Crippen molar-refractivity contribution in [1.29, 1.82) is 5.41 Å². The fourth-order valence-corrected chi connectivity index (χ4v) is 3.78. The number of thioether (sulfide) groups is 1. The largest absolute Gasteiger partial charge is 0.487 e. The Morgan fingerprint density at radius 2 is 2.03 bits per heavy atom. The van der Waals surface area contributed by atoms with E-state index in [1.165, 1.54) is 6.07 Å². The molecule has 2 aromatic carbocycles. The highest BCUT2D eigenvalue weighted by atomic mass is 32.2. The first-order chi connectivity index (χ1) is 15.0. The van der Waals surface area contributed by atoms with Gasteiger partial charge in [-0.05, 0) is 55.1 Å². The Morgan fingerprint density at radius 3 is 2.68 bits per heavy atom. The van der Waals surface area contributed by atoms with Gasteiger partial charge >= 0.3 is 5.69 Å². The van der Waals surface area contributed by atoms with E-state index in [9.17, 15) is 14.9 Å². The standard InChI is InChI=1S/C21H17N5O4S/c1-2-30-18-9-8-13(10-17(18)26(28)29)16-11-15(12-19-20(27)23-21(22)31-19)25(24-16)14-6-4-3-5-7-14/h3-12H,2H2,1H3,(H2,22,23,27). The van der Waals surface area contributed by atoms with E-state index < -0.39 is 4.92 Å². The molecule has 0 unspecified atom stereocenters. The van der Waals surface area contributed by atoms with Crippen LogP contribution in [-0.4, -0.2) is 32.4 Å². The number of amides is 1. The molecule has 0 aliphatic carbocycles. The smallest absolute Gasteiger partial charge is 0.311 e. The number of para-hydroxylation sites is 1. The van der Waals surface area contributed by atoms with E-state index in [2.05, 4.69) is 10.4 Å². The van der Waals surface area contributed by atoms with Crippen LogP contribution < -0.4 is 10.1 Å². The molecule has 31 heavy (non-hydrogen) atoms. The van der Waals surface area contributed by atoms with Crippen LogP contribution in [0.25, 0.3) is 23.0 Å². The predicted molar refractivity (Wildman–Crippen MR) is 118 cm³/mol. The van der Waals surface area contributed by atoms with Gasteiger partial charge in [-0.1, -0.05) is 18.2 Å². The molecular formula is C21H17N5O4S. The Balaban J connectivity index is 1.83. The highest BCUT2D eigenvalue weighted by Crippen LogP contribution is 2.33. The highest BCUT2D eigenvalue weighted by Gasteiger charge is 2.24. The van der Waals surface area contributed by atoms with Crippen LogP contribution in [-0.2, 0) is 4.79 Å². The maximum Gasteiger partial charge on any atom is 0.311 e. The van der Waals surface area contributed by atoms with Crippen molar-refractivity contribution in [3.8, 4) is 22.7 Å². The van der Waals surface area contributed by atoms with Gasteiger partial charge in [0.15, 0.2) is 10.9 Å². The number of nitrogens with zero attached hydrogens (tertiary/aromatic N) is 3. The number of carbonyl (C=O) groups is 1. The van der Waals surface area contributed by atoms with Crippen LogP contribution in [0.2, 0.25) is 0 Å². The first-order valence-electron chi connectivity index (χ1n) is 9.33. The van der Waals surface area contributed by atoms with Gasteiger partial charge in [-0.2, -0.15) is 5.10 Å². The number of aromatic nitrogens is 2. The first-order valence-corrected chi connectivity index (χ1v) is 10.1. The minimum absolute atomic E-state index is 0.0596. The van der Waals surface area contributed by atoms with E-state index in [0.717, 1.165) is 17.4 Å². The molecule has 1 amide bonds. The molecule has 1 saturated heterocycles. The second-order valence-corrected chi connectivity index (χ2v) is 7.52. The van der Waals surface area contributed by atoms with Gasteiger partial charge in [0.2, 0.25) is 0 Å². The molecule has 156 valence electrons. The van der Waals surface area contributed by atoms with Crippen LogP contribution in [0.5, 0.6) is 5.75 Å². The lowest BCUT2D eigenvalue weighted by molar-refractivity contribution is -0.385. The Morgan fingerprint density at radius 1 is 1.26 bits per heavy atom. The lowest BCUT2D eigenvalue weighted by Crippen LogP contribution is -2.18. The molecule has 10 heteroatoms. The van der Waals surface area contributed by atoms with Crippen LogP contribution in [0.3, 0.4) is 0 Å². The number of carbonyl (C=O) groups excluding carboxylic acids is 1. The molecule has 2 heterocycles. The minimum atomic E-state index is -0.489. The van der Waals surface area contributed by atoms with E-state index in [1.54, 1.807) is 35.9 Å². The van der Waals surface area contributed by atoms with Crippen LogP contribution in [0.1, 0.15) is 12.6 Å². The van der Waals surface area contributed by atoms with Crippen molar-refractivity contribution in [1.82, 2.24) is 15.1 Å². The highest BCUT2D eigenvalue weighted by molar-refractivity contribution is 8.18. The molecule has 4 rings (SSSR count). The number of ether oxygens (including phenoxy) is 1. The van der Waals surface area contributed by atoms with Gasteiger partial charge in [0.05, 0.1) is 33.5 Å². The van der Waals surface area contributed by atoms with Gasteiger partial charge in [0.25, 0.3) is 5.91 Å². The third-order valence-corrected chi connectivity index (χ3v) is 5.26. The number of amidine groups is 1. The summed E-state index contributed by atoms with van der Waals surface area (Å²) in [5.41, 5.74) is 2.26. The molecule has 0 spiro atoms. The monoisotopic (exact) mass is 435 g/mol. The average molecular weight is 435 g/mol. The summed E-state index contributed by atoms with van der Waals surface area (Å²) in [5.74, 6) is -0.160. The molecule has 3 aromatic rings. The van der Waals surface area contributed by atoms with Gasteiger partial charge in [-0.3, -0.25) is 20.3 Å². The minimum Gasteiger partial charge on any atom is -0.487 e. The van der Waals surface area contributed by atoms with E-state index in [4.69, 9.17) is 10.1 Å². The van der Waals surface area contributed by atoms with Crippen LogP contribution >= 0.6 is 11.8 Å². The molecule has 0 atom stereocenters. The second-order valence-electron chi connectivity index (χ2n) is 6.47. The summed E-state index contributed by atoms with van der Waals surface area (Å²) in [6.07, 6.45) is 1.65. The Hall–Kier alpha value is -3.92. The zero-order valence-corrected chi connectivity index (χ0v) is 17.2. The summed E-state index contributed by atoms with van der Waals surface area (Å²) < 4.78 is 7.01. The maximum atomic E-state index is 12.1. The number of nitro benzene ring substituents is 1. The summed E-state index contributed by atoms with van der Waals surface area (Å²) in [6, 6.07) is 15.8. The first kappa shape index (κ1) is 20.4. The quantitative estimate of drug-likeness (QED) is 0.343. The summed E-state index contributed by atoms with van der Waals surface area (Å²) in [4.78, 5) is 23.4. The van der Waals surface area contributed by atoms with Crippen molar-refractivity contribution in [2.45, 2.75) is 6.92 Å². The van der Waals surface area contributed by atoms with Crippen molar-refractivity contribution in [2.24, 2.45) is 0 Å². The predicted octanol–water partition coefficient (Wildman–Crippen LogP) is 3.98. The second kappa shape index (κ2) is 8.44. The number of hydrogen-bond acceptors (Lipinski definition) is 7. The van der Waals surface area contributed by atoms with Crippen molar-refractivity contribution < 1.29 is 14.5 Å². The van der Waals surface area contributed by atoms with Crippen LogP contribution in [0, 0.1) is 15.5 Å². The molecule has 1 aliphatic heterocycles. The number of hydrogen-bond donors (Lipinski definition) is 2. The maximum absolute atomic E-state index is 12.1. The molecular weight excluding hydrogens is 418 g/mol. The van der Waals surface area contributed by atoms with Gasteiger partial charge < -0.3 is 10.1 Å². The molecule has 1 fully saturated rings. The fourth-order valence-electron chi connectivity index (χ4n) is 3.09. The number of benzene rings is 2. The zero-order valence-electron chi connectivity index (χ0n) is 16.4. The van der Waals surface area contributed by atoms with Crippen LogP contribution in [0.15, 0.2) is 59.5 Å². The lowest BCUT2D eigenvalue weighted by Gasteiger charge is -2.06. The summed E-state index contributed by atoms with van der Waals surface area (Å²) in [7, 11) is 0. The van der Waals surface area contributed by atoms with Gasteiger partial charge in [0, 0.05) is 11.6 Å². The summed E-state index contributed by atoms with van der Waals surface area (Å²) in [6.45, 7) is 2.07. The number of rotatable bonds is 6.